The van der Waals surface area contributed by atoms with E-state index in [1.807, 2.05) is 43.3 Å². The van der Waals surface area contributed by atoms with Crippen molar-refractivity contribution >= 4 is 6.08 Å². The van der Waals surface area contributed by atoms with Gasteiger partial charge in [-0.2, -0.15) is 0 Å². The zero-order valence-electron chi connectivity index (χ0n) is 18.4. The van der Waals surface area contributed by atoms with Crippen molar-refractivity contribution < 1.29 is 19.3 Å². The average Bonchev–Trinajstić information content (AvgIpc) is 3.16. The van der Waals surface area contributed by atoms with Gasteiger partial charge in [0.25, 0.3) is 0 Å². The Bertz CT molecular complexity index is 866. The summed E-state index contributed by atoms with van der Waals surface area (Å²) < 4.78 is 17.0. The molecule has 2 aromatic carbocycles. The molecule has 4 rings (SSSR count). The number of methoxy groups -OCH3 is 1. The molecule has 31 heavy (non-hydrogen) atoms. The lowest BCUT2D eigenvalue weighted by molar-refractivity contribution is -0.0232. The Kier molecular flexibility index (Phi) is 7.15. The molecular formula is C26H33NO4. The fourth-order valence-corrected chi connectivity index (χ4v) is 4.79. The van der Waals surface area contributed by atoms with Crippen LogP contribution < -0.4 is 14.2 Å². The first-order valence-electron chi connectivity index (χ1n) is 11.2. The van der Waals surface area contributed by atoms with E-state index in [0.717, 1.165) is 49.7 Å². The Morgan fingerprint density at radius 2 is 1.74 bits per heavy atom. The van der Waals surface area contributed by atoms with E-state index in [1.165, 1.54) is 5.56 Å². The van der Waals surface area contributed by atoms with E-state index >= 15 is 0 Å². The van der Waals surface area contributed by atoms with Crippen molar-refractivity contribution in [3.63, 3.8) is 0 Å². The van der Waals surface area contributed by atoms with E-state index in [0.29, 0.717) is 18.4 Å². The van der Waals surface area contributed by atoms with E-state index in [9.17, 15) is 5.11 Å². The lowest BCUT2D eigenvalue weighted by atomic mass is 9.78. The molecule has 1 saturated carbocycles. The Morgan fingerprint density at radius 3 is 2.48 bits per heavy atom. The van der Waals surface area contributed by atoms with Crippen molar-refractivity contribution in [1.82, 2.24) is 4.90 Å². The van der Waals surface area contributed by atoms with Gasteiger partial charge in [-0.25, -0.2) is 0 Å². The van der Waals surface area contributed by atoms with Crippen LogP contribution in [0.2, 0.25) is 0 Å². The predicted molar refractivity (Wildman–Crippen MR) is 123 cm³/mol. The minimum Gasteiger partial charge on any atom is -0.497 e. The molecule has 166 valence electrons. The molecule has 4 atom stereocenters. The minimum absolute atomic E-state index is 0.159. The van der Waals surface area contributed by atoms with Crippen LogP contribution in [0.1, 0.15) is 25.3 Å². The number of aliphatic hydroxyl groups excluding tert-OH is 1. The summed E-state index contributed by atoms with van der Waals surface area (Å²) in [6.07, 6.45) is 5.50. The molecule has 1 heterocycles. The molecule has 0 aromatic heterocycles. The first kappa shape index (κ1) is 21.7. The summed E-state index contributed by atoms with van der Waals surface area (Å²) in [4.78, 5) is 2.49. The van der Waals surface area contributed by atoms with Gasteiger partial charge in [-0.15, -0.1) is 0 Å². The standard InChI is InChI=1S/C26H33NO4/c1-3-30-23-7-4-8-24(16-23)31-26-15-21-18-27(17-20(21)14-25(26)28)13-5-6-19-9-11-22(29-2)12-10-19/h4-12,16,20-21,25-26,28H,3,13-15,17-18H2,1-2H3/b6-5+/t20-,21+,25+,26+/m0/s1. The van der Waals surface area contributed by atoms with Crippen molar-refractivity contribution in [2.45, 2.75) is 32.0 Å². The van der Waals surface area contributed by atoms with Gasteiger partial charge in [0.05, 0.1) is 19.8 Å². The first-order chi connectivity index (χ1) is 15.1. The molecule has 1 aliphatic carbocycles. The van der Waals surface area contributed by atoms with Gasteiger partial charge in [-0.05, 0) is 61.4 Å². The summed E-state index contributed by atoms with van der Waals surface area (Å²) in [5.74, 6) is 3.56. The minimum atomic E-state index is -0.424. The number of hydrogen-bond acceptors (Lipinski definition) is 5. The molecule has 1 saturated heterocycles. The number of benzene rings is 2. The molecular weight excluding hydrogens is 390 g/mol. The van der Waals surface area contributed by atoms with Crippen LogP contribution in [-0.4, -0.2) is 55.6 Å². The molecule has 2 fully saturated rings. The van der Waals surface area contributed by atoms with Gasteiger partial charge in [-0.1, -0.05) is 30.4 Å². The Labute approximate surface area is 185 Å². The largest absolute Gasteiger partial charge is 0.497 e. The van der Waals surface area contributed by atoms with Gasteiger partial charge in [0.1, 0.15) is 23.4 Å². The molecule has 1 N–H and O–H groups in total. The van der Waals surface area contributed by atoms with Crippen LogP contribution in [0, 0.1) is 11.8 Å². The van der Waals surface area contributed by atoms with E-state index in [-0.39, 0.29) is 6.10 Å². The number of hydrogen-bond donors (Lipinski definition) is 1. The highest BCUT2D eigenvalue weighted by Gasteiger charge is 2.42. The highest BCUT2D eigenvalue weighted by atomic mass is 16.5. The Morgan fingerprint density at radius 1 is 1.00 bits per heavy atom. The third-order valence-corrected chi connectivity index (χ3v) is 6.35. The maximum atomic E-state index is 10.7. The predicted octanol–water partition coefficient (Wildman–Crippen LogP) is 4.26. The number of aliphatic hydroxyl groups is 1. The number of fused-ring (bicyclic) bond motifs is 1. The zero-order valence-corrected chi connectivity index (χ0v) is 18.4. The molecule has 0 amide bonds. The highest BCUT2D eigenvalue weighted by Crippen LogP contribution is 2.38. The Hall–Kier alpha value is -2.50. The van der Waals surface area contributed by atoms with Crippen LogP contribution >= 0.6 is 0 Å². The second-order valence-electron chi connectivity index (χ2n) is 8.52. The molecule has 5 nitrogen and oxygen atoms in total. The summed E-state index contributed by atoms with van der Waals surface area (Å²) in [6, 6.07) is 15.8. The van der Waals surface area contributed by atoms with Gasteiger partial charge < -0.3 is 19.3 Å². The molecule has 0 bridgehead atoms. The number of nitrogens with zero attached hydrogens (tertiary/aromatic N) is 1. The van der Waals surface area contributed by atoms with Crippen LogP contribution in [0.15, 0.2) is 54.6 Å². The van der Waals surface area contributed by atoms with Gasteiger partial charge >= 0.3 is 0 Å². The van der Waals surface area contributed by atoms with Crippen molar-refractivity contribution in [3.8, 4) is 17.2 Å². The van der Waals surface area contributed by atoms with Crippen LogP contribution in [-0.2, 0) is 0 Å². The molecule has 0 unspecified atom stereocenters. The normalized spacial score (nSPS) is 26.0. The maximum absolute atomic E-state index is 10.7. The van der Waals surface area contributed by atoms with Crippen molar-refractivity contribution in [2.75, 3.05) is 33.4 Å². The fraction of sp³-hybridized carbons (Fsp3) is 0.462. The van der Waals surface area contributed by atoms with Gasteiger partial charge in [0.2, 0.25) is 0 Å². The van der Waals surface area contributed by atoms with Crippen molar-refractivity contribution in [3.05, 3.63) is 60.2 Å². The number of likely N-dealkylation sites (tertiary alicyclic amines) is 1. The second-order valence-corrected chi connectivity index (χ2v) is 8.52. The van der Waals surface area contributed by atoms with Crippen LogP contribution in [0.5, 0.6) is 17.2 Å². The average molecular weight is 424 g/mol. The van der Waals surface area contributed by atoms with Crippen molar-refractivity contribution in [1.29, 1.82) is 0 Å². The second kappa shape index (κ2) is 10.2. The smallest absolute Gasteiger partial charge is 0.125 e. The van der Waals surface area contributed by atoms with E-state index in [4.69, 9.17) is 14.2 Å². The highest BCUT2D eigenvalue weighted by molar-refractivity contribution is 5.50. The monoisotopic (exact) mass is 423 g/mol. The quantitative estimate of drug-likeness (QED) is 0.688. The summed E-state index contributed by atoms with van der Waals surface area (Å²) in [6.45, 7) is 5.63. The molecule has 2 aliphatic rings. The Balaban J connectivity index is 1.30. The molecule has 5 heteroatoms. The molecule has 0 spiro atoms. The van der Waals surface area contributed by atoms with Crippen molar-refractivity contribution in [2.24, 2.45) is 11.8 Å². The van der Waals surface area contributed by atoms with E-state index in [1.54, 1.807) is 7.11 Å². The third-order valence-electron chi connectivity index (χ3n) is 6.35. The summed E-state index contributed by atoms with van der Waals surface area (Å²) in [5, 5.41) is 10.7. The van der Waals surface area contributed by atoms with Crippen LogP contribution in [0.4, 0.5) is 0 Å². The van der Waals surface area contributed by atoms with Crippen LogP contribution in [0.3, 0.4) is 0 Å². The SMILES string of the molecule is CCOc1cccc(O[C@@H]2C[C@@H]3CN(C/C=C/c4ccc(OC)cc4)C[C@@H]3C[C@H]2O)c1. The third kappa shape index (κ3) is 5.60. The topological polar surface area (TPSA) is 51.2 Å². The zero-order chi connectivity index (χ0) is 21.6. The molecule has 2 aromatic rings. The number of rotatable bonds is 8. The van der Waals surface area contributed by atoms with Gasteiger partial charge in [-0.3, -0.25) is 4.90 Å². The summed E-state index contributed by atoms with van der Waals surface area (Å²) in [7, 11) is 1.68. The lowest BCUT2D eigenvalue weighted by Gasteiger charge is -2.35. The maximum Gasteiger partial charge on any atom is 0.125 e. The van der Waals surface area contributed by atoms with Gasteiger partial charge in [0, 0.05) is 25.7 Å². The first-order valence-corrected chi connectivity index (χ1v) is 11.2. The molecule has 0 radical (unpaired) electrons. The van der Waals surface area contributed by atoms with E-state index in [2.05, 4.69) is 29.2 Å². The molecule has 1 aliphatic heterocycles. The number of ether oxygens (including phenoxy) is 3. The summed E-state index contributed by atoms with van der Waals surface area (Å²) >= 11 is 0. The summed E-state index contributed by atoms with van der Waals surface area (Å²) in [5.41, 5.74) is 1.18. The van der Waals surface area contributed by atoms with E-state index < -0.39 is 6.10 Å². The fourth-order valence-electron chi connectivity index (χ4n) is 4.79. The lowest BCUT2D eigenvalue weighted by Crippen LogP contribution is -2.42. The van der Waals surface area contributed by atoms with Gasteiger partial charge in [0.15, 0.2) is 0 Å². The van der Waals surface area contributed by atoms with Crippen LogP contribution in [0.25, 0.3) is 6.08 Å².